The van der Waals surface area contributed by atoms with E-state index in [0.29, 0.717) is 71.4 Å². The lowest BCUT2D eigenvalue weighted by Crippen LogP contribution is -2.57. The summed E-state index contributed by atoms with van der Waals surface area (Å²) in [5.41, 5.74) is 10.1. The number of nitrogens with zero attached hydrogens (tertiary/aromatic N) is 4. The number of methoxy groups -OCH3 is 1. The zero-order valence-electron chi connectivity index (χ0n) is 38.8. The summed E-state index contributed by atoms with van der Waals surface area (Å²) in [4.78, 5) is 76.8. The van der Waals surface area contributed by atoms with E-state index in [0.717, 1.165) is 36.1 Å². The normalized spacial score (nSPS) is 17.7. The van der Waals surface area contributed by atoms with E-state index < -0.39 is 30.6 Å². The van der Waals surface area contributed by atoms with Crippen molar-refractivity contribution in [1.29, 1.82) is 0 Å². The minimum Gasteiger partial charge on any atom is -0.493 e. The Morgan fingerprint density at radius 3 is 2.46 bits per heavy atom. The maximum Gasteiger partial charge on any atom is 0.416 e. The molecule has 5 aromatic rings. The molecule has 0 spiro atoms. The van der Waals surface area contributed by atoms with Crippen LogP contribution in [0.3, 0.4) is 0 Å². The van der Waals surface area contributed by atoms with Gasteiger partial charge < -0.3 is 54.8 Å². The van der Waals surface area contributed by atoms with Crippen molar-refractivity contribution >= 4 is 69.5 Å². The van der Waals surface area contributed by atoms with Crippen LogP contribution in [0.4, 0.5) is 33.2 Å². The van der Waals surface area contributed by atoms with E-state index >= 15 is 0 Å². The fourth-order valence-corrected chi connectivity index (χ4v) is 9.63. The molecule has 0 bridgehead atoms. The highest BCUT2D eigenvalue weighted by molar-refractivity contribution is 7.17. The Balaban J connectivity index is 0.882. The van der Waals surface area contributed by atoms with Gasteiger partial charge in [0.2, 0.25) is 5.91 Å². The Hall–Kier alpha value is -7.22. The molecule has 0 radical (unpaired) electrons. The van der Waals surface area contributed by atoms with Crippen LogP contribution >= 0.6 is 11.3 Å². The van der Waals surface area contributed by atoms with Gasteiger partial charge in [-0.2, -0.15) is 0 Å². The van der Waals surface area contributed by atoms with E-state index in [1.807, 2.05) is 13.0 Å². The molecule has 8 rings (SSSR count). The molecule has 5 N–H and O–H groups in total. The van der Waals surface area contributed by atoms with Gasteiger partial charge in [0.05, 0.1) is 64.0 Å². The lowest BCUT2D eigenvalue weighted by molar-refractivity contribution is -0.198. The summed E-state index contributed by atoms with van der Waals surface area (Å²) < 4.78 is 31.6. The van der Waals surface area contributed by atoms with Gasteiger partial charge in [-0.05, 0) is 112 Å². The zero-order chi connectivity index (χ0) is 48.6. The van der Waals surface area contributed by atoms with Crippen molar-refractivity contribution in [2.45, 2.75) is 76.9 Å². The number of benzene rings is 2. The minimum atomic E-state index is -0.907. The lowest BCUT2D eigenvalue weighted by atomic mass is 10.00. The van der Waals surface area contributed by atoms with E-state index in [2.05, 4.69) is 27.5 Å². The molecule has 19 heteroatoms. The van der Waals surface area contributed by atoms with Crippen LogP contribution in [0.15, 0.2) is 85.7 Å². The number of piperidine rings is 1. The van der Waals surface area contributed by atoms with Crippen LogP contribution in [0.2, 0.25) is 0 Å². The monoisotopic (exact) mass is 960 g/mol. The second-order valence-electron chi connectivity index (χ2n) is 17.0. The van der Waals surface area contributed by atoms with Gasteiger partial charge in [0.1, 0.15) is 12.3 Å². The number of aryl methyl sites for hydroxylation is 2. The van der Waals surface area contributed by atoms with Crippen molar-refractivity contribution in [3.63, 3.8) is 0 Å². The molecule has 3 aliphatic rings. The summed E-state index contributed by atoms with van der Waals surface area (Å²) in [5.74, 6) is -0.672. The number of pyridine rings is 1. The molecule has 0 aliphatic carbocycles. The average molecular weight is 961 g/mol. The van der Waals surface area contributed by atoms with E-state index in [4.69, 9.17) is 29.4 Å². The van der Waals surface area contributed by atoms with Crippen LogP contribution in [0.1, 0.15) is 87.4 Å². The maximum absolute atomic E-state index is 14.3. The van der Waals surface area contributed by atoms with Gasteiger partial charge in [0, 0.05) is 50.3 Å². The van der Waals surface area contributed by atoms with E-state index in [1.165, 1.54) is 29.4 Å². The number of hydrogen-bond acceptors (Lipinski definition) is 13. The first-order valence-electron chi connectivity index (χ1n) is 22.9. The minimum absolute atomic E-state index is 0.0542. The van der Waals surface area contributed by atoms with Crippen molar-refractivity contribution in [1.82, 2.24) is 14.5 Å². The number of ether oxygens (including phenoxy) is 5. The summed E-state index contributed by atoms with van der Waals surface area (Å²) in [6.07, 6.45) is 7.58. The number of fused-ring (bicyclic) bond motifs is 2. The number of rotatable bonds is 16. The van der Waals surface area contributed by atoms with Crippen LogP contribution in [-0.4, -0.2) is 96.2 Å². The van der Waals surface area contributed by atoms with Crippen LogP contribution < -0.4 is 36.1 Å². The standard InChI is InChI=1S/C50H56N8O10S/c1-5-21-67-50(63)58-38-27-41(40(64-4)26-35(38)48(62)57-20-8-6-11-37(57)49(58)68-44-13-7-9-22-66-44)65-23-10-12-43(59)53-34-25-39(56(3)29-34)46(60)55-33-18-19-36(52-28-33)42-24-30(2)45(69-42)47(61)54-32-16-14-31(51)15-17-32/h5,14-19,24-29,37,44,49H,1,6-13,20-23,51H2,2-4H3,(H,53,59)(H,54,61)(H,55,60)/t37-,44?,49?/m0/s1. The van der Waals surface area contributed by atoms with Crippen molar-refractivity contribution < 1.29 is 47.7 Å². The van der Waals surface area contributed by atoms with Gasteiger partial charge in [-0.25, -0.2) is 9.69 Å². The molecule has 5 amide bonds. The first-order chi connectivity index (χ1) is 33.4. The van der Waals surface area contributed by atoms with Gasteiger partial charge in [0.25, 0.3) is 17.7 Å². The summed E-state index contributed by atoms with van der Waals surface area (Å²) in [5, 5.41) is 8.60. The number of carbonyl (C=O) groups is 5. The van der Waals surface area contributed by atoms with Crippen LogP contribution in [-0.2, 0) is 26.1 Å². The zero-order valence-corrected chi connectivity index (χ0v) is 39.6. The SMILES string of the molecule is C=CCOC(=O)N1c2cc(OCCCC(=O)Nc3cc(C(=O)Nc4ccc(-c5cc(C)c(C(=O)Nc6ccc(N)cc6)s5)nc4)n(C)c3)c(OC)cc2C(=O)N2CCCC[C@H]2C1OC1CCCCO1. The quantitative estimate of drug-likeness (QED) is 0.0417. The molecular formula is C50H56N8O10S. The van der Waals surface area contributed by atoms with Gasteiger partial charge in [0.15, 0.2) is 24.0 Å². The van der Waals surface area contributed by atoms with Crippen LogP contribution in [0.5, 0.6) is 11.5 Å². The number of hydrogen-bond donors (Lipinski definition) is 4. The average Bonchev–Trinajstić information content (AvgIpc) is 3.91. The summed E-state index contributed by atoms with van der Waals surface area (Å²) in [6.45, 7) is 6.61. The second kappa shape index (κ2) is 21.8. The topological polar surface area (TPSA) is 218 Å². The fourth-order valence-electron chi connectivity index (χ4n) is 8.58. The molecule has 3 atom stereocenters. The largest absolute Gasteiger partial charge is 0.493 e. The molecule has 2 unspecified atom stereocenters. The first-order valence-corrected chi connectivity index (χ1v) is 23.7. The molecule has 3 aliphatic heterocycles. The molecular weight excluding hydrogens is 905 g/mol. The molecule has 3 aromatic heterocycles. The van der Waals surface area contributed by atoms with E-state index in [1.54, 1.807) is 83.5 Å². The molecule has 2 saturated heterocycles. The number of amides is 5. The number of thiophene rings is 1. The van der Waals surface area contributed by atoms with E-state index in [9.17, 15) is 24.0 Å². The van der Waals surface area contributed by atoms with E-state index in [-0.39, 0.29) is 60.1 Å². The van der Waals surface area contributed by atoms with Crippen molar-refractivity contribution in [2.75, 3.05) is 60.1 Å². The Labute approximate surface area is 403 Å². The van der Waals surface area contributed by atoms with Crippen molar-refractivity contribution in [3.05, 3.63) is 107 Å². The fraction of sp³-hybridized carbons (Fsp3) is 0.360. The number of nitrogen functional groups attached to an aromatic ring is 1. The summed E-state index contributed by atoms with van der Waals surface area (Å²) in [6, 6.07) is 16.6. The maximum atomic E-state index is 14.3. The Bertz CT molecular complexity index is 2700. The van der Waals surface area contributed by atoms with Crippen molar-refractivity contribution in [2.24, 2.45) is 7.05 Å². The predicted molar refractivity (Wildman–Crippen MR) is 262 cm³/mol. The van der Waals surface area contributed by atoms with Gasteiger partial charge >= 0.3 is 6.09 Å². The molecule has 2 fully saturated rings. The highest BCUT2D eigenvalue weighted by Gasteiger charge is 2.47. The molecule has 0 saturated carbocycles. The number of aromatic nitrogens is 2. The van der Waals surface area contributed by atoms with Gasteiger partial charge in [-0.1, -0.05) is 12.7 Å². The van der Waals surface area contributed by atoms with Crippen LogP contribution in [0, 0.1) is 6.92 Å². The Morgan fingerprint density at radius 2 is 1.72 bits per heavy atom. The third-order valence-electron chi connectivity index (χ3n) is 12.0. The Kier molecular flexibility index (Phi) is 15.3. The molecule has 362 valence electrons. The Morgan fingerprint density at radius 1 is 0.942 bits per heavy atom. The second-order valence-corrected chi connectivity index (χ2v) is 18.0. The third-order valence-corrected chi connectivity index (χ3v) is 13.3. The number of carbonyl (C=O) groups excluding carboxylic acids is 5. The smallest absolute Gasteiger partial charge is 0.416 e. The predicted octanol–water partition coefficient (Wildman–Crippen LogP) is 8.36. The molecule has 18 nitrogen and oxygen atoms in total. The first kappa shape index (κ1) is 48.2. The number of nitrogens with one attached hydrogen (secondary N) is 3. The van der Waals surface area contributed by atoms with Gasteiger partial charge in [-0.15, -0.1) is 11.3 Å². The molecule has 6 heterocycles. The molecule has 69 heavy (non-hydrogen) atoms. The molecule has 2 aromatic carbocycles. The summed E-state index contributed by atoms with van der Waals surface area (Å²) in [7, 11) is 3.17. The lowest BCUT2D eigenvalue weighted by Gasteiger charge is -2.42. The highest BCUT2D eigenvalue weighted by atomic mass is 32.1. The van der Waals surface area contributed by atoms with Crippen LogP contribution in [0.25, 0.3) is 10.6 Å². The number of nitrogens with two attached hydrogens (primary N) is 1. The number of anilines is 5. The highest BCUT2D eigenvalue weighted by Crippen LogP contribution is 2.42. The summed E-state index contributed by atoms with van der Waals surface area (Å²) >= 11 is 1.32. The van der Waals surface area contributed by atoms with Crippen molar-refractivity contribution in [3.8, 4) is 22.1 Å². The third kappa shape index (κ3) is 11.2. The van der Waals surface area contributed by atoms with Gasteiger partial charge in [-0.3, -0.25) is 24.2 Å².